The molecule has 0 radical (unpaired) electrons. The summed E-state index contributed by atoms with van der Waals surface area (Å²) in [5, 5.41) is 19.6. The first-order valence-electron chi connectivity index (χ1n) is 12.8. The topological polar surface area (TPSA) is 119 Å². The highest BCUT2D eigenvalue weighted by atomic mass is 35.5. The molecule has 1 unspecified atom stereocenters. The van der Waals surface area contributed by atoms with E-state index >= 15 is 0 Å². The SMILES string of the molecule is CCOC(=O)Cn1cc(C2CCC(C3=C(C(=O)O)C(c4ccc(F)c(F)c4Cl)N=C(c4nccs4)N3)CC2)cn1. The number of aliphatic carboxylic acids is 1. The molecule has 13 heteroatoms. The number of thiazole rings is 1. The van der Waals surface area contributed by atoms with Crippen molar-refractivity contribution in [2.75, 3.05) is 6.61 Å². The summed E-state index contributed by atoms with van der Waals surface area (Å²) in [6, 6.07) is 1.03. The highest BCUT2D eigenvalue weighted by Crippen LogP contribution is 2.43. The molecule has 40 heavy (non-hydrogen) atoms. The fourth-order valence-electron chi connectivity index (χ4n) is 5.28. The zero-order valence-electron chi connectivity index (χ0n) is 21.4. The summed E-state index contributed by atoms with van der Waals surface area (Å²) in [6.45, 7) is 2.09. The normalized spacial score (nSPS) is 21.1. The van der Waals surface area contributed by atoms with Gasteiger partial charge in [-0.2, -0.15) is 5.10 Å². The van der Waals surface area contributed by atoms with Gasteiger partial charge in [0.25, 0.3) is 0 Å². The molecule has 1 aliphatic heterocycles. The molecule has 2 aliphatic rings. The summed E-state index contributed by atoms with van der Waals surface area (Å²) >= 11 is 7.49. The average Bonchev–Trinajstić information content (AvgIpc) is 3.64. The third-order valence-electron chi connectivity index (χ3n) is 7.16. The van der Waals surface area contributed by atoms with Crippen LogP contribution in [0, 0.1) is 17.6 Å². The molecule has 0 saturated heterocycles. The Kier molecular flexibility index (Phi) is 8.27. The van der Waals surface area contributed by atoms with Crippen molar-refractivity contribution in [3.05, 3.63) is 80.2 Å². The van der Waals surface area contributed by atoms with Crippen molar-refractivity contribution in [2.45, 2.75) is 51.1 Å². The predicted octanol–water partition coefficient (Wildman–Crippen LogP) is 5.24. The Labute approximate surface area is 237 Å². The maximum absolute atomic E-state index is 14.4. The Morgan fingerprint density at radius 1 is 1.23 bits per heavy atom. The van der Waals surface area contributed by atoms with Gasteiger partial charge in [-0.3, -0.25) is 14.5 Å². The van der Waals surface area contributed by atoms with Gasteiger partial charge in [0.15, 0.2) is 22.5 Å². The lowest BCUT2D eigenvalue weighted by molar-refractivity contribution is -0.144. The van der Waals surface area contributed by atoms with E-state index in [1.54, 1.807) is 29.4 Å². The number of nitrogens with one attached hydrogen (secondary N) is 1. The van der Waals surface area contributed by atoms with E-state index in [1.807, 2.05) is 6.20 Å². The molecule has 3 heterocycles. The Balaban J connectivity index is 1.43. The molecule has 0 bridgehead atoms. The van der Waals surface area contributed by atoms with Crippen LogP contribution in [-0.2, 0) is 20.9 Å². The van der Waals surface area contributed by atoms with Gasteiger partial charge in [0.1, 0.15) is 12.6 Å². The van der Waals surface area contributed by atoms with Gasteiger partial charge in [-0.25, -0.2) is 18.6 Å². The first-order chi connectivity index (χ1) is 19.3. The maximum atomic E-state index is 14.4. The molecular weight excluding hydrogens is 564 g/mol. The second kappa shape index (κ2) is 11.8. The van der Waals surface area contributed by atoms with E-state index in [0.29, 0.717) is 36.0 Å². The van der Waals surface area contributed by atoms with E-state index in [1.165, 1.54) is 17.4 Å². The summed E-state index contributed by atoms with van der Waals surface area (Å²) in [5.74, 6) is -3.58. The molecule has 1 atom stereocenters. The lowest BCUT2D eigenvalue weighted by atomic mass is 9.76. The van der Waals surface area contributed by atoms with E-state index < -0.39 is 28.7 Å². The number of hydrogen-bond acceptors (Lipinski definition) is 8. The number of carboxylic acids is 1. The van der Waals surface area contributed by atoms with Crippen LogP contribution in [0.25, 0.3) is 0 Å². The number of hydrogen-bond donors (Lipinski definition) is 2. The number of ether oxygens (including phenoxy) is 1. The summed E-state index contributed by atoms with van der Waals surface area (Å²) in [7, 11) is 0. The van der Waals surface area contributed by atoms with Gasteiger partial charge in [0, 0.05) is 29.0 Å². The van der Waals surface area contributed by atoms with Crippen molar-refractivity contribution in [1.29, 1.82) is 0 Å². The molecular formula is C27H26ClF2N5O4S. The van der Waals surface area contributed by atoms with Crippen LogP contribution in [0.2, 0.25) is 5.02 Å². The third kappa shape index (κ3) is 5.64. The fourth-order valence-corrected chi connectivity index (χ4v) is 6.12. The number of benzene rings is 1. The molecule has 1 fully saturated rings. The largest absolute Gasteiger partial charge is 0.478 e. The predicted molar refractivity (Wildman–Crippen MR) is 144 cm³/mol. The van der Waals surface area contributed by atoms with Crippen LogP contribution in [0.4, 0.5) is 8.78 Å². The highest BCUT2D eigenvalue weighted by molar-refractivity contribution is 7.11. The minimum absolute atomic E-state index is 0.0365. The summed E-state index contributed by atoms with van der Waals surface area (Å²) in [4.78, 5) is 33.3. The summed E-state index contributed by atoms with van der Waals surface area (Å²) in [6.07, 6.45) is 8.04. The van der Waals surface area contributed by atoms with Crippen molar-refractivity contribution in [3.8, 4) is 0 Å². The molecule has 1 aliphatic carbocycles. The van der Waals surface area contributed by atoms with Crippen molar-refractivity contribution in [3.63, 3.8) is 0 Å². The van der Waals surface area contributed by atoms with E-state index in [9.17, 15) is 23.5 Å². The number of carbonyl (C=O) groups excluding carboxylic acids is 1. The standard InChI is InChI=1S/C27H26ClF2N5O4S/c1-2-39-19(36)13-35-12-16(11-32-35)14-3-5-15(6-4-14)23-20(27(37)38)24(17-7-8-18(29)22(30)21(17)28)34-25(33-23)26-31-9-10-40-26/h7-12,14-15,24H,2-6,13H2,1H3,(H,33,34)(H,37,38). The van der Waals surface area contributed by atoms with Gasteiger partial charge in [0.05, 0.1) is 23.4 Å². The zero-order valence-corrected chi connectivity index (χ0v) is 23.0. The molecule has 3 aromatic rings. The van der Waals surface area contributed by atoms with Gasteiger partial charge in [-0.15, -0.1) is 11.3 Å². The molecule has 1 aromatic carbocycles. The van der Waals surface area contributed by atoms with Crippen LogP contribution in [-0.4, -0.2) is 44.3 Å². The second-order valence-corrected chi connectivity index (χ2v) is 10.8. The number of nitrogens with zero attached hydrogens (tertiary/aromatic N) is 4. The zero-order chi connectivity index (χ0) is 28.4. The number of carbonyl (C=O) groups is 2. The molecule has 5 rings (SSSR count). The molecule has 0 amide bonds. The van der Waals surface area contributed by atoms with Crippen LogP contribution in [0.3, 0.4) is 0 Å². The highest BCUT2D eigenvalue weighted by Gasteiger charge is 2.38. The van der Waals surface area contributed by atoms with Crippen LogP contribution in [0.1, 0.15) is 60.7 Å². The van der Waals surface area contributed by atoms with Crippen molar-refractivity contribution >= 4 is 40.7 Å². The number of aliphatic imine (C=N–C) groups is 1. The van der Waals surface area contributed by atoms with Crippen LogP contribution in [0.15, 0.2) is 52.4 Å². The number of allylic oxidation sites excluding steroid dienone is 1. The van der Waals surface area contributed by atoms with Crippen molar-refractivity contribution in [2.24, 2.45) is 10.9 Å². The molecule has 0 spiro atoms. The van der Waals surface area contributed by atoms with Gasteiger partial charge >= 0.3 is 11.9 Å². The Morgan fingerprint density at radius 2 is 1.98 bits per heavy atom. The Bertz CT molecular complexity index is 1480. The lowest BCUT2D eigenvalue weighted by Crippen LogP contribution is -2.37. The molecule has 2 aromatic heterocycles. The van der Waals surface area contributed by atoms with Crippen molar-refractivity contribution < 1.29 is 28.2 Å². The minimum Gasteiger partial charge on any atom is -0.478 e. The smallest absolute Gasteiger partial charge is 0.335 e. The number of rotatable bonds is 8. The van der Waals surface area contributed by atoms with Crippen LogP contribution >= 0.6 is 22.9 Å². The lowest BCUT2D eigenvalue weighted by Gasteiger charge is -2.34. The van der Waals surface area contributed by atoms with Crippen molar-refractivity contribution in [1.82, 2.24) is 20.1 Å². The second-order valence-electron chi connectivity index (χ2n) is 9.56. The Hall–Kier alpha value is -3.64. The van der Waals surface area contributed by atoms with Gasteiger partial charge in [-0.1, -0.05) is 17.7 Å². The number of aromatic nitrogens is 3. The van der Waals surface area contributed by atoms with E-state index in [-0.39, 0.29) is 35.5 Å². The first kappa shape index (κ1) is 27.9. The third-order valence-corrected chi connectivity index (χ3v) is 8.32. The molecule has 210 valence electrons. The number of amidine groups is 1. The summed E-state index contributed by atoms with van der Waals surface area (Å²) in [5.41, 5.74) is 1.48. The minimum atomic E-state index is -1.25. The van der Waals surface area contributed by atoms with E-state index in [4.69, 9.17) is 16.3 Å². The quantitative estimate of drug-likeness (QED) is 0.272. The average molecular weight is 590 g/mol. The fraction of sp³-hybridized carbons (Fsp3) is 0.370. The van der Waals surface area contributed by atoms with E-state index in [0.717, 1.165) is 24.5 Å². The monoisotopic (exact) mass is 589 g/mol. The number of carboxylic acid groups (broad SMARTS) is 1. The number of halogens is 3. The number of esters is 1. The maximum Gasteiger partial charge on any atom is 0.335 e. The Morgan fingerprint density at radius 3 is 2.65 bits per heavy atom. The molecule has 9 nitrogen and oxygen atoms in total. The van der Waals surface area contributed by atoms with Gasteiger partial charge in [-0.05, 0) is 56.1 Å². The van der Waals surface area contributed by atoms with Gasteiger partial charge in [0.2, 0.25) is 0 Å². The summed E-state index contributed by atoms with van der Waals surface area (Å²) < 4.78 is 34.8. The van der Waals surface area contributed by atoms with Crippen LogP contribution < -0.4 is 5.32 Å². The van der Waals surface area contributed by atoms with Gasteiger partial charge < -0.3 is 15.2 Å². The van der Waals surface area contributed by atoms with E-state index in [2.05, 4.69) is 20.4 Å². The molecule has 1 saturated carbocycles. The first-order valence-corrected chi connectivity index (χ1v) is 14.1. The molecule has 2 N–H and O–H groups in total. The van der Waals surface area contributed by atoms with Crippen LogP contribution in [0.5, 0.6) is 0 Å².